The molecule has 1 aromatic heterocycles. The first-order valence-corrected chi connectivity index (χ1v) is 8.43. The molecule has 0 bridgehead atoms. The molecule has 4 nitrogen and oxygen atoms in total. The van der Waals surface area contributed by atoms with Crippen LogP contribution in [-0.4, -0.2) is 42.0 Å². The molecule has 1 heterocycles. The normalized spacial score (nSPS) is 14.4. The maximum absolute atomic E-state index is 9.88. The van der Waals surface area contributed by atoms with Gasteiger partial charge in [-0.15, -0.1) is 11.3 Å². The highest BCUT2D eigenvalue weighted by Gasteiger charge is 2.09. The summed E-state index contributed by atoms with van der Waals surface area (Å²) in [7, 11) is 0. The van der Waals surface area contributed by atoms with Crippen LogP contribution in [0.1, 0.15) is 43.7 Å². The van der Waals surface area contributed by atoms with Crippen LogP contribution in [0.3, 0.4) is 0 Å². The van der Waals surface area contributed by atoms with Crippen molar-refractivity contribution < 1.29 is 9.84 Å². The molecule has 5 heteroatoms. The predicted octanol–water partition coefficient (Wildman–Crippen LogP) is 2.54. The van der Waals surface area contributed by atoms with Crippen molar-refractivity contribution in [3.05, 3.63) is 16.1 Å². The van der Waals surface area contributed by atoms with E-state index >= 15 is 0 Å². The number of hydrogen-bond donors (Lipinski definition) is 2. The van der Waals surface area contributed by atoms with Gasteiger partial charge in [0.2, 0.25) is 0 Å². The molecule has 116 valence electrons. The number of hydrogen-bond acceptors (Lipinski definition) is 5. The van der Waals surface area contributed by atoms with E-state index < -0.39 is 6.10 Å². The quantitative estimate of drug-likeness (QED) is 0.617. The number of thiazole rings is 1. The van der Waals surface area contributed by atoms with Crippen molar-refractivity contribution >= 4 is 11.3 Å². The topological polar surface area (TPSA) is 54.4 Å². The Hall–Kier alpha value is -0.490. The van der Waals surface area contributed by atoms with Crippen molar-refractivity contribution in [1.29, 1.82) is 0 Å². The number of aliphatic hydroxyl groups excluding tert-OH is 1. The maximum Gasteiger partial charge on any atom is 0.0897 e. The highest BCUT2D eigenvalue weighted by atomic mass is 32.1. The average Bonchev–Trinajstić information content (AvgIpc) is 2.85. The van der Waals surface area contributed by atoms with Gasteiger partial charge in [0.1, 0.15) is 0 Å². The summed E-state index contributed by atoms with van der Waals surface area (Å²) >= 11 is 1.67. The number of aryl methyl sites for hydroxylation is 1. The molecular weight excluding hydrogens is 272 g/mol. The molecule has 2 N–H and O–H groups in total. The van der Waals surface area contributed by atoms with Gasteiger partial charge in [0.05, 0.1) is 30.5 Å². The molecule has 0 saturated carbocycles. The summed E-state index contributed by atoms with van der Waals surface area (Å²) in [5.41, 5.74) is 2.95. The van der Waals surface area contributed by atoms with Crippen molar-refractivity contribution in [2.75, 3.05) is 19.8 Å². The van der Waals surface area contributed by atoms with Crippen LogP contribution < -0.4 is 5.32 Å². The second-order valence-corrected chi connectivity index (χ2v) is 6.08. The Bertz CT molecular complexity index is 357. The molecule has 1 rings (SSSR count). The summed E-state index contributed by atoms with van der Waals surface area (Å²) in [6.45, 7) is 8.03. The van der Waals surface area contributed by atoms with E-state index in [0.29, 0.717) is 25.8 Å². The third-order valence-corrected chi connectivity index (χ3v) is 4.40. The Balaban J connectivity index is 2.08. The van der Waals surface area contributed by atoms with Gasteiger partial charge in [0.25, 0.3) is 0 Å². The molecule has 1 aromatic rings. The average molecular weight is 300 g/mol. The summed E-state index contributed by atoms with van der Waals surface area (Å²) in [6.07, 6.45) is 3.89. The molecule has 0 aromatic carbocycles. The number of aromatic nitrogens is 1. The van der Waals surface area contributed by atoms with Gasteiger partial charge in [-0.25, -0.2) is 4.98 Å². The van der Waals surface area contributed by atoms with E-state index in [1.165, 1.54) is 11.3 Å². The standard InChI is InChI=1S/C15H28N2O2S/c1-4-6-13(5-2)16-9-14(18)10-19-8-7-15-12(3)17-11-20-15/h11,13-14,16,18H,4-10H2,1-3H3. The van der Waals surface area contributed by atoms with Crippen LogP contribution in [0.5, 0.6) is 0 Å². The molecule has 0 aliphatic carbocycles. The van der Waals surface area contributed by atoms with Crippen molar-refractivity contribution in [1.82, 2.24) is 10.3 Å². The van der Waals surface area contributed by atoms with Crippen LogP contribution in [0.15, 0.2) is 5.51 Å². The van der Waals surface area contributed by atoms with Gasteiger partial charge in [-0.05, 0) is 19.8 Å². The Morgan fingerprint density at radius 1 is 1.45 bits per heavy atom. The first-order chi connectivity index (χ1) is 9.67. The van der Waals surface area contributed by atoms with E-state index in [0.717, 1.165) is 25.0 Å². The summed E-state index contributed by atoms with van der Waals surface area (Å²) in [6, 6.07) is 0.509. The zero-order valence-corrected chi connectivity index (χ0v) is 13.7. The SMILES string of the molecule is CCCC(CC)NCC(O)COCCc1scnc1C. The van der Waals surface area contributed by atoms with Crippen LogP contribution in [0.25, 0.3) is 0 Å². The number of nitrogens with one attached hydrogen (secondary N) is 1. The zero-order chi connectivity index (χ0) is 14.8. The zero-order valence-electron chi connectivity index (χ0n) is 12.9. The van der Waals surface area contributed by atoms with Crippen molar-refractivity contribution in [3.63, 3.8) is 0 Å². The number of nitrogens with zero attached hydrogens (tertiary/aromatic N) is 1. The molecular formula is C15H28N2O2S. The number of ether oxygens (including phenoxy) is 1. The van der Waals surface area contributed by atoms with Gasteiger partial charge in [0, 0.05) is 23.9 Å². The second-order valence-electron chi connectivity index (χ2n) is 5.14. The fourth-order valence-electron chi connectivity index (χ4n) is 2.11. The van der Waals surface area contributed by atoms with E-state index in [9.17, 15) is 5.11 Å². The predicted molar refractivity (Wildman–Crippen MR) is 84.4 cm³/mol. The number of rotatable bonds is 11. The lowest BCUT2D eigenvalue weighted by atomic mass is 10.1. The smallest absolute Gasteiger partial charge is 0.0897 e. The molecule has 2 unspecified atom stereocenters. The van der Waals surface area contributed by atoms with Crippen molar-refractivity contribution in [2.45, 2.75) is 58.6 Å². The van der Waals surface area contributed by atoms with Gasteiger partial charge < -0.3 is 15.2 Å². The van der Waals surface area contributed by atoms with Gasteiger partial charge in [-0.1, -0.05) is 20.3 Å². The van der Waals surface area contributed by atoms with E-state index in [1.54, 1.807) is 11.3 Å². The summed E-state index contributed by atoms with van der Waals surface area (Å²) < 4.78 is 5.54. The molecule has 0 aliphatic heterocycles. The first-order valence-electron chi connectivity index (χ1n) is 7.55. The van der Waals surface area contributed by atoms with Gasteiger partial charge in [0.15, 0.2) is 0 Å². The number of aliphatic hydroxyl groups is 1. The fraction of sp³-hybridized carbons (Fsp3) is 0.800. The molecule has 0 spiro atoms. The minimum atomic E-state index is -0.427. The maximum atomic E-state index is 9.88. The van der Waals surface area contributed by atoms with Crippen molar-refractivity contribution in [2.24, 2.45) is 0 Å². The first kappa shape index (κ1) is 17.6. The van der Waals surface area contributed by atoms with Crippen LogP contribution in [0.2, 0.25) is 0 Å². The Morgan fingerprint density at radius 2 is 2.25 bits per heavy atom. The van der Waals surface area contributed by atoms with Crippen LogP contribution >= 0.6 is 11.3 Å². The second kappa shape index (κ2) is 10.3. The summed E-state index contributed by atoms with van der Waals surface area (Å²) in [5, 5.41) is 13.3. The molecule has 2 atom stereocenters. The Morgan fingerprint density at radius 3 is 2.85 bits per heavy atom. The fourth-order valence-corrected chi connectivity index (χ4v) is 2.87. The monoisotopic (exact) mass is 300 g/mol. The van der Waals surface area contributed by atoms with Crippen LogP contribution in [-0.2, 0) is 11.2 Å². The van der Waals surface area contributed by atoms with E-state index in [4.69, 9.17) is 4.74 Å². The third-order valence-electron chi connectivity index (χ3n) is 3.40. The van der Waals surface area contributed by atoms with E-state index in [2.05, 4.69) is 24.1 Å². The van der Waals surface area contributed by atoms with Gasteiger partial charge in [-0.2, -0.15) is 0 Å². The molecule has 0 fully saturated rings. The summed E-state index contributed by atoms with van der Waals surface area (Å²) in [5.74, 6) is 0. The van der Waals surface area contributed by atoms with Crippen LogP contribution in [0, 0.1) is 6.92 Å². The highest BCUT2D eigenvalue weighted by Crippen LogP contribution is 2.12. The Kier molecular flexibility index (Phi) is 9.02. The van der Waals surface area contributed by atoms with Crippen molar-refractivity contribution in [3.8, 4) is 0 Å². The van der Waals surface area contributed by atoms with Gasteiger partial charge in [-0.3, -0.25) is 0 Å². The molecule has 0 saturated heterocycles. The Labute approximate surface area is 126 Å². The van der Waals surface area contributed by atoms with Gasteiger partial charge >= 0.3 is 0 Å². The summed E-state index contributed by atoms with van der Waals surface area (Å²) in [4.78, 5) is 5.48. The lowest BCUT2D eigenvalue weighted by Gasteiger charge is -2.19. The lowest BCUT2D eigenvalue weighted by molar-refractivity contribution is 0.0369. The minimum Gasteiger partial charge on any atom is -0.389 e. The van der Waals surface area contributed by atoms with E-state index in [-0.39, 0.29) is 0 Å². The van der Waals surface area contributed by atoms with E-state index in [1.807, 2.05) is 12.4 Å². The molecule has 20 heavy (non-hydrogen) atoms. The molecule has 0 amide bonds. The minimum absolute atomic E-state index is 0.396. The third kappa shape index (κ3) is 6.79. The van der Waals surface area contributed by atoms with Crippen LogP contribution in [0.4, 0.5) is 0 Å². The largest absolute Gasteiger partial charge is 0.389 e. The molecule has 0 aliphatic rings. The highest BCUT2D eigenvalue weighted by molar-refractivity contribution is 7.09. The molecule has 0 radical (unpaired) electrons. The lowest BCUT2D eigenvalue weighted by Crippen LogP contribution is -2.37.